The Kier molecular flexibility index (Phi) is 3.97. The summed E-state index contributed by atoms with van der Waals surface area (Å²) in [5.74, 6) is 0.370. The Labute approximate surface area is 137 Å². The van der Waals surface area contributed by atoms with E-state index in [1.807, 2.05) is 0 Å². The number of rotatable bonds is 4. The third kappa shape index (κ3) is 2.95. The van der Waals surface area contributed by atoms with Crippen LogP contribution in [0.3, 0.4) is 0 Å². The third-order valence-electron chi connectivity index (χ3n) is 3.98. The summed E-state index contributed by atoms with van der Waals surface area (Å²) in [7, 11) is 0. The van der Waals surface area contributed by atoms with E-state index in [1.54, 1.807) is 12.1 Å². The quantitative estimate of drug-likeness (QED) is 0.580. The minimum atomic E-state index is -1.21. The summed E-state index contributed by atoms with van der Waals surface area (Å²) in [6.45, 7) is 0.275. The predicted molar refractivity (Wildman–Crippen MR) is 82.9 cm³/mol. The van der Waals surface area contributed by atoms with Crippen LogP contribution < -0.4 is 26.0 Å². The molecule has 10 heteroatoms. The molecule has 1 unspecified atom stereocenters. The largest absolute Gasteiger partial charge is 0.480 e. The second-order valence-corrected chi connectivity index (χ2v) is 5.76. The molecule has 0 spiro atoms. The molecule has 0 saturated carbocycles. The number of hydrogen-bond acceptors (Lipinski definition) is 6. The van der Waals surface area contributed by atoms with Crippen LogP contribution in [0.4, 0.5) is 16.4 Å². The molecule has 2 aliphatic rings. The van der Waals surface area contributed by atoms with Crippen LogP contribution in [0.25, 0.3) is 0 Å². The first kappa shape index (κ1) is 16.0. The molecule has 24 heavy (non-hydrogen) atoms. The van der Waals surface area contributed by atoms with Crippen molar-refractivity contribution in [3.63, 3.8) is 0 Å². The second kappa shape index (κ2) is 5.96. The summed E-state index contributed by atoms with van der Waals surface area (Å²) >= 11 is 0. The average Bonchev–Trinajstić information content (AvgIpc) is 2.82. The van der Waals surface area contributed by atoms with Crippen LogP contribution in [0, 0.1) is 0 Å². The Bertz CT molecular complexity index is 709. The van der Waals surface area contributed by atoms with Crippen LogP contribution in [0.2, 0.25) is 0 Å². The van der Waals surface area contributed by atoms with Gasteiger partial charge in [-0.25, -0.2) is 9.78 Å². The van der Waals surface area contributed by atoms with E-state index in [2.05, 4.69) is 15.6 Å². The van der Waals surface area contributed by atoms with Crippen LogP contribution in [0.5, 0.6) is 5.75 Å². The molecule has 0 radical (unpaired) electrons. The zero-order valence-corrected chi connectivity index (χ0v) is 12.7. The van der Waals surface area contributed by atoms with Gasteiger partial charge < -0.3 is 26.2 Å². The van der Waals surface area contributed by atoms with Gasteiger partial charge in [0.15, 0.2) is 18.2 Å². The molecular formula is C14H17N5O5. The number of nitrogens with one attached hydrogen (secondary N) is 2. The van der Waals surface area contributed by atoms with Crippen molar-refractivity contribution in [1.82, 2.24) is 10.3 Å². The maximum Gasteiger partial charge on any atom is 0.405 e. The number of fused-ring (bicyclic) bond motifs is 1. The van der Waals surface area contributed by atoms with Crippen LogP contribution in [-0.2, 0) is 9.59 Å². The molecule has 1 aromatic rings. The summed E-state index contributed by atoms with van der Waals surface area (Å²) in [5, 5.41) is 14.0. The fraction of sp³-hybridized carbons (Fsp3) is 0.429. The van der Waals surface area contributed by atoms with Crippen LogP contribution >= 0.6 is 0 Å². The summed E-state index contributed by atoms with van der Waals surface area (Å²) in [4.78, 5) is 40.4. The molecule has 128 valence electrons. The average molecular weight is 335 g/mol. The van der Waals surface area contributed by atoms with Crippen molar-refractivity contribution in [3.8, 4) is 5.75 Å². The van der Waals surface area contributed by atoms with Gasteiger partial charge in [-0.05, 0) is 25.1 Å². The second-order valence-electron chi connectivity index (χ2n) is 5.76. The fourth-order valence-electron chi connectivity index (χ4n) is 2.96. The molecule has 10 nitrogen and oxygen atoms in total. The first-order valence-electron chi connectivity index (χ1n) is 7.38. The number of ether oxygens (including phenoxy) is 1. The molecule has 1 aromatic heterocycles. The van der Waals surface area contributed by atoms with Crippen molar-refractivity contribution in [2.45, 2.75) is 18.4 Å². The van der Waals surface area contributed by atoms with Crippen LogP contribution in [0.1, 0.15) is 12.8 Å². The van der Waals surface area contributed by atoms with Crippen molar-refractivity contribution < 1.29 is 24.2 Å². The zero-order valence-electron chi connectivity index (χ0n) is 12.7. The van der Waals surface area contributed by atoms with Gasteiger partial charge in [0, 0.05) is 0 Å². The third-order valence-corrected chi connectivity index (χ3v) is 3.98. The van der Waals surface area contributed by atoms with Gasteiger partial charge in [0.25, 0.3) is 5.91 Å². The molecule has 0 bridgehead atoms. The molecule has 1 saturated heterocycles. The molecule has 3 amide bonds. The first-order valence-corrected chi connectivity index (χ1v) is 7.38. The van der Waals surface area contributed by atoms with Crippen molar-refractivity contribution in [1.29, 1.82) is 0 Å². The topological polar surface area (TPSA) is 147 Å². The minimum absolute atomic E-state index is 0.00186. The lowest BCUT2D eigenvalue weighted by Crippen LogP contribution is -2.51. The number of carbonyl (C=O) groups is 3. The number of nitrogens with two attached hydrogens (primary N) is 1. The van der Waals surface area contributed by atoms with E-state index in [0.29, 0.717) is 18.0 Å². The van der Waals surface area contributed by atoms with Gasteiger partial charge in [-0.1, -0.05) is 0 Å². The molecule has 3 heterocycles. The molecule has 1 atom stereocenters. The molecule has 3 rings (SSSR count). The molecule has 0 aliphatic carbocycles. The number of amides is 3. The molecule has 2 aliphatic heterocycles. The van der Waals surface area contributed by atoms with Gasteiger partial charge in [-0.3, -0.25) is 14.5 Å². The normalized spacial score (nSPS) is 22.6. The van der Waals surface area contributed by atoms with Gasteiger partial charge in [0.1, 0.15) is 5.82 Å². The Morgan fingerprint density at radius 1 is 1.50 bits per heavy atom. The van der Waals surface area contributed by atoms with E-state index in [-0.39, 0.29) is 43.7 Å². The first-order chi connectivity index (χ1) is 11.4. The zero-order chi connectivity index (χ0) is 17.3. The number of carboxylic acid groups (broad SMARTS) is 1. The van der Waals surface area contributed by atoms with E-state index in [1.165, 1.54) is 4.90 Å². The monoisotopic (exact) mass is 335 g/mol. The summed E-state index contributed by atoms with van der Waals surface area (Å²) in [6.07, 6.45) is -0.887. The van der Waals surface area contributed by atoms with Gasteiger partial charge >= 0.3 is 6.09 Å². The summed E-state index contributed by atoms with van der Waals surface area (Å²) < 4.78 is 5.23. The van der Waals surface area contributed by atoms with Crippen LogP contribution in [-0.4, -0.2) is 53.2 Å². The molecule has 0 aromatic carbocycles. The van der Waals surface area contributed by atoms with Crippen molar-refractivity contribution in [3.05, 3.63) is 12.1 Å². The van der Waals surface area contributed by atoms with Crippen LogP contribution in [0.15, 0.2) is 12.1 Å². The van der Waals surface area contributed by atoms with E-state index < -0.39 is 11.6 Å². The maximum absolute atomic E-state index is 12.4. The lowest BCUT2D eigenvalue weighted by molar-refractivity contribution is -0.119. The number of nitrogens with zero attached hydrogens (tertiary/aromatic N) is 2. The number of carbonyl (C=O) groups excluding carboxylic acids is 2. The fourth-order valence-corrected chi connectivity index (χ4v) is 2.96. The van der Waals surface area contributed by atoms with E-state index >= 15 is 0 Å². The molecule has 5 N–H and O–H groups in total. The van der Waals surface area contributed by atoms with Gasteiger partial charge in [0.2, 0.25) is 5.91 Å². The highest BCUT2D eigenvalue weighted by atomic mass is 16.5. The van der Waals surface area contributed by atoms with E-state index in [4.69, 9.17) is 15.6 Å². The standard InChI is InChI=1S/C14H17N5O5/c15-4-3-14(18-13(22)23)5-11(21)19(7-14)9-2-1-8-12(16-9)17-10(20)6-24-8/h1-2,18H,3-7,15H2,(H,22,23)(H,16,17,20). The Morgan fingerprint density at radius 2 is 2.29 bits per heavy atom. The van der Waals surface area contributed by atoms with E-state index in [0.717, 1.165) is 0 Å². The molecular weight excluding hydrogens is 318 g/mol. The van der Waals surface area contributed by atoms with Crippen molar-refractivity contribution >= 4 is 29.5 Å². The number of pyridine rings is 1. The Balaban J connectivity index is 1.87. The lowest BCUT2D eigenvalue weighted by atomic mass is 9.94. The highest BCUT2D eigenvalue weighted by Gasteiger charge is 2.45. The van der Waals surface area contributed by atoms with Gasteiger partial charge in [0.05, 0.1) is 18.5 Å². The van der Waals surface area contributed by atoms with Crippen molar-refractivity contribution in [2.75, 3.05) is 29.9 Å². The van der Waals surface area contributed by atoms with Gasteiger partial charge in [-0.2, -0.15) is 0 Å². The minimum Gasteiger partial charge on any atom is -0.480 e. The van der Waals surface area contributed by atoms with Crippen molar-refractivity contribution in [2.24, 2.45) is 5.73 Å². The summed E-state index contributed by atoms with van der Waals surface area (Å²) in [5.41, 5.74) is 4.61. The highest BCUT2D eigenvalue weighted by Crippen LogP contribution is 2.33. The number of hydrogen-bond donors (Lipinski definition) is 4. The predicted octanol–water partition coefficient (Wildman–Crippen LogP) is -0.496. The highest BCUT2D eigenvalue weighted by molar-refractivity contribution is 5.98. The smallest absolute Gasteiger partial charge is 0.405 e. The van der Waals surface area contributed by atoms with Gasteiger partial charge in [-0.15, -0.1) is 0 Å². The molecule has 1 fully saturated rings. The maximum atomic E-state index is 12.4. The lowest BCUT2D eigenvalue weighted by Gasteiger charge is -2.28. The Hall–Kier alpha value is -2.88. The van der Waals surface area contributed by atoms with E-state index in [9.17, 15) is 14.4 Å². The Morgan fingerprint density at radius 3 is 3.00 bits per heavy atom. The number of aromatic nitrogens is 1. The summed E-state index contributed by atoms with van der Waals surface area (Å²) in [6, 6.07) is 3.20. The number of anilines is 2. The SMILES string of the molecule is NCCC1(NC(=O)O)CC(=O)N(c2ccc3c(n2)NC(=O)CO3)C1.